The number of unbranched alkanes of at least 4 members (excludes halogenated alkanes) is 3. The van der Waals surface area contributed by atoms with Crippen molar-refractivity contribution < 1.29 is 19.2 Å². The molecule has 3 N–H and O–H groups in total. The molecular formula is C15H21BrN2O4S. The van der Waals surface area contributed by atoms with E-state index < -0.39 is 11.4 Å². The first kappa shape index (κ1) is 18.1. The summed E-state index contributed by atoms with van der Waals surface area (Å²) in [6.07, 6.45) is 6.03. The highest BCUT2D eigenvalue weighted by Gasteiger charge is 2.17. The van der Waals surface area contributed by atoms with Crippen LogP contribution in [0.5, 0.6) is 0 Å². The van der Waals surface area contributed by atoms with Crippen molar-refractivity contribution >= 4 is 39.3 Å². The molecule has 1 aliphatic rings. The summed E-state index contributed by atoms with van der Waals surface area (Å²) >= 11 is 2.64. The fourth-order valence-electron chi connectivity index (χ4n) is 2.09. The average molecular weight is 405 g/mol. The quantitative estimate of drug-likeness (QED) is 0.175. The third kappa shape index (κ3) is 6.82. The normalized spacial score (nSPS) is 20.1. The van der Waals surface area contributed by atoms with Crippen LogP contribution in [0.4, 0.5) is 0 Å². The van der Waals surface area contributed by atoms with Crippen molar-refractivity contribution in [3.8, 4) is 0 Å². The predicted molar refractivity (Wildman–Crippen MR) is 94.3 cm³/mol. The molecule has 0 bridgehead atoms. The van der Waals surface area contributed by atoms with Crippen LogP contribution in [0, 0.1) is 0 Å². The van der Waals surface area contributed by atoms with Gasteiger partial charge < -0.3 is 4.89 Å². The van der Waals surface area contributed by atoms with Gasteiger partial charge in [0.25, 0.3) is 0 Å². The van der Waals surface area contributed by atoms with Crippen molar-refractivity contribution in [1.82, 2.24) is 10.2 Å². The largest absolute Gasteiger partial charge is 0.306 e. The minimum absolute atomic E-state index is 0.328. The van der Waals surface area contributed by atoms with Crippen molar-refractivity contribution in [1.29, 1.82) is 0 Å². The fourth-order valence-corrected chi connectivity index (χ4v) is 3.76. The van der Waals surface area contributed by atoms with Crippen molar-refractivity contribution in [2.24, 2.45) is 0 Å². The van der Waals surface area contributed by atoms with Gasteiger partial charge in [-0.3, -0.25) is 14.7 Å². The second-order valence-corrected chi connectivity index (χ2v) is 7.63. The lowest BCUT2D eigenvalue weighted by molar-refractivity contribution is -0.135. The van der Waals surface area contributed by atoms with Gasteiger partial charge in [0, 0.05) is 22.7 Å². The molecule has 6 nitrogen and oxygen atoms in total. The average Bonchev–Trinajstić information content (AvgIpc) is 2.97. The van der Waals surface area contributed by atoms with Gasteiger partial charge in [0.1, 0.15) is 0 Å². The van der Waals surface area contributed by atoms with E-state index in [4.69, 9.17) is 14.4 Å². The van der Waals surface area contributed by atoms with Crippen LogP contribution in [0.15, 0.2) is 34.6 Å². The second-order valence-electron chi connectivity index (χ2n) is 5.13. The first-order valence-electron chi connectivity index (χ1n) is 7.46. The number of thiol groups is 1. The van der Waals surface area contributed by atoms with Gasteiger partial charge in [-0.25, -0.2) is 5.48 Å². The minimum atomic E-state index is -0.796. The third-order valence-corrected chi connectivity index (χ3v) is 5.18. The lowest BCUT2D eigenvalue weighted by atomic mass is 10.1. The summed E-state index contributed by atoms with van der Waals surface area (Å²) < 4.78 is 9.57. The summed E-state index contributed by atoms with van der Waals surface area (Å²) in [5.74, 6) is 1.21. The molecule has 0 aliphatic carbocycles. The van der Waals surface area contributed by atoms with Gasteiger partial charge in [-0.1, -0.05) is 40.9 Å². The van der Waals surface area contributed by atoms with Gasteiger partial charge in [-0.15, -0.1) is 4.33 Å². The highest BCUT2D eigenvalue weighted by Crippen LogP contribution is 2.33. The van der Waals surface area contributed by atoms with E-state index in [0.717, 1.165) is 41.5 Å². The number of carbonyl (C=O) groups is 1. The molecule has 0 aromatic heterocycles. The van der Waals surface area contributed by atoms with Crippen LogP contribution >= 0.6 is 27.3 Å². The Morgan fingerprint density at radius 1 is 1.35 bits per heavy atom. The highest BCUT2D eigenvalue weighted by atomic mass is 79.9. The van der Waals surface area contributed by atoms with E-state index in [1.807, 2.05) is 30.3 Å². The van der Waals surface area contributed by atoms with E-state index in [9.17, 15) is 4.79 Å². The minimum Gasteiger partial charge on any atom is -0.306 e. The number of amides is 1. The first-order chi connectivity index (χ1) is 11.2. The Hall–Kier alpha value is -1.22. The molecule has 1 aromatic carbocycles. The van der Waals surface area contributed by atoms with Crippen molar-refractivity contribution in [2.45, 2.75) is 32.1 Å². The van der Waals surface area contributed by atoms with E-state index in [1.165, 1.54) is 0 Å². The Labute approximate surface area is 146 Å². The van der Waals surface area contributed by atoms with Crippen LogP contribution in [0.25, 0.3) is 6.08 Å². The number of hydrogen-bond acceptors (Lipinski definition) is 5. The van der Waals surface area contributed by atoms with Crippen LogP contribution < -0.4 is 10.2 Å². The van der Waals surface area contributed by atoms with Gasteiger partial charge in [0.2, 0.25) is 11.8 Å². The zero-order valence-electron chi connectivity index (χ0n) is 12.6. The summed E-state index contributed by atoms with van der Waals surface area (Å²) in [5, 5.41) is 8.38. The monoisotopic (exact) mass is 404 g/mol. The number of carbonyl (C=O) groups excluding carboxylic acids is 1. The molecule has 0 radical (unpaired) electrons. The Morgan fingerprint density at radius 3 is 2.96 bits per heavy atom. The van der Waals surface area contributed by atoms with Crippen molar-refractivity contribution in [3.63, 3.8) is 0 Å². The Kier molecular flexibility index (Phi) is 7.73. The zero-order valence-corrected chi connectivity index (χ0v) is 15.1. The molecule has 0 spiro atoms. The molecule has 1 saturated heterocycles. The smallest absolute Gasteiger partial charge is 0.243 e. The van der Waals surface area contributed by atoms with Gasteiger partial charge >= 0.3 is 0 Å². The Morgan fingerprint density at radius 2 is 2.17 bits per heavy atom. The van der Waals surface area contributed by atoms with E-state index in [0.29, 0.717) is 12.3 Å². The van der Waals surface area contributed by atoms with Crippen LogP contribution in [-0.2, 0) is 14.0 Å². The van der Waals surface area contributed by atoms with Crippen LogP contribution in [-0.4, -0.2) is 16.9 Å². The Balaban J connectivity index is 1.63. The summed E-state index contributed by atoms with van der Waals surface area (Å²) in [6, 6.07) is 7.93. The standard InChI is InChI=1S/C15H21BrN2O4S/c16-13-7-5-6-12(10-13)11-15-18-23(22-21-15)9-4-2-1-3-8-14(19)17-20/h5-7,10-11,18,20,23H,1-4,8-9H2,(H,17,19)/b15-11-. The van der Waals surface area contributed by atoms with Crippen LogP contribution in [0.1, 0.15) is 37.7 Å². The SMILES string of the molecule is O=C(CCCCCC[SH]1N/C(=C/c2cccc(Br)c2)OO1)NO. The predicted octanol–water partition coefficient (Wildman–Crippen LogP) is 3.59. The lowest BCUT2D eigenvalue weighted by Gasteiger charge is -2.09. The number of nitrogens with one attached hydrogen (secondary N) is 2. The summed E-state index contributed by atoms with van der Waals surface area (Å²) in [4.78, 5) is 16.1. The van der Waals surface area contributed by atoms with Crippen LogP contribution in [0.3, 0.4) is 0 Å². The lowest BCUT2D eigenvalue weighted by Crippen LogP contribution is -2.17. The highest BCUT2D eigenvalue weighted by molar-refractivity contribution is 9.10. The van der Waals surface area contributed by atoms with Gasteiger partial charge in [0.15, 0.2) is 0 Å². The first-order valence-corrected chi connectivity index (χ1v) is 9.70. The number of halogens is 1. The van der Waals surface area contributed by atoms with Crippen LogP contribution in [0.2, 0.25) is 0 Å². The topological polar surface area (TPSA) is 79.8 Å². The third-order valence-electron chi connectivity index (χ3n) is 3.24. The van der Waals surface area contributed by atoms with Gasteiger partial charge in [-0.2, -0.15) is 0 Å². The molecule has 1 aromatic rings. The maximum atomic E-state index is 10.8. The molecule has 1 heterocycles. The second kappa shape index (κ2) is 9.82. The van der Waals surface area contributed by atoms with E-state index in [2.05, 4.69) is 20.7 Å². The molecule has 8 heteroatoms. The molecule has 1 atom stereocenters. The van der Waals surface area contributed by atoms with E-state index in [-0.39, 0.29) is 5.91 Å². The van der Waals surface area contributed by atoms with E-state index in [1.54, 1.807) is 5.48 Å². The van der Waals surface area contributed by atoms with E-state index >= 15 is 0 Å². The molecule has 2 rings (SSSR count). The molecule has 1 aliphatic heterocycles. The number of hydroxylamine groups is 1. The molecule has 0 saturated carbocycles. The number of benzene rings is 1. The molecule has 1 fully saturated rings. The fraction of sp³-hybridized carbons (Fsp3) is 0.400. The van der Waals surface area contributed by atoms with Gasteiger partial charge in [0.05, 0.1) is 0 Å². The molecule has 1 amide bonds. The summed E-state index contributed by atoms with van der Waals surface area (Å²) in [6.45, 7) is 0. The van der Waals surface area contributed by atoms with Crippen molar-refractivity contribution in [2.75, 3.05) is 5.75 Å². The Bertz CT molecular complexity index is 556. The molecule has 1 unspecified atom stereocenters. The molecular weight excluding hydrogens is 384 g/mol. The van der Waals surface area contributed by atoms with Crippen molar-refractivity contribution in [3.05, 3.63) is 40.2 Å². The molecule has 23 heavy (non-hydrogen) atoms. The zero-order chi connectivity index (χ0) is 16.5. The maximum Gasteiger partial charge on any atom is 0.243 e. The maximum absolute atomic E-state index is 10.8. The summed E-state index contributed by atoms with van der Waals surface area (Å²) in [7, 11) is 0. The summed E-state index contributed by atoms with van der Waals surface area (Å²) in [5.41, 5.74) is 2.67. The number of hydrogen-bond donors (Lipinski definition) is 4. The number of rotatable bonds is 8. The molecule has 128 valence electrons. The van der Waals surface area contributed by atoms with Gasteiger partial charge in [-0.05, 0) is 41.9 Å².